The Morgan fingerprint density at radius 3 is 2.05 bits per heavy atom. The van der Waals surface area contributed by atoms with Crippen LogP contribution in [0.15, 0.2) is 72.8 Å². The van der Waals surface area contributed by atoms with Crippen LogP contribution >= 0.6 is 0 Å². The molecular formula is C30H25F6N3O3. The maximum Gasteiger partial charge on any atom is 0.416 e. The molecule has 0 aromatic heterocycles. The van der Waals surface area contributed by atoms with E-state index in [4.69, 9.17) is 0 Å². The number of aryl methyl sites for hydroxylation is 1. The van der Waals surface area contributed by atoms with Gasteiger partial charge in [0.05, 0.1) is 17.7 Å². The molecule has 1 aliphatic heterocycles. The maximum atomic E-state index is 13.8. The van der Waals surface area contributed by atoms with Crippen molar-refractivity contribution in [3.63, 3.8) is 0 Å². The van der Waals surface area contributed by atoms with Crippen molar-refractivity contribution >= 4 is 23.4 Å². The summed E-state index contributed by atoms with van der Waals surface area (Å²) < 4.78 is 81.0. The van der Waals surface area contributed by atoms with Gasteiger partial charge in [-0.2, -0.15) is 26.3 Å². The highest BCUT2D eigenvalue weighted by Crippen LogP contribution is 2.39. The number of hydrogen-bond acceptors (Lipinski definition) is 3. The van der Waals surface area contributed by atoms with Gasteiger partial charge in [0, 0.05) is 11.3 Å². The first-order valence-electron chi connectivity index (χ1n) is 13.1. The van der Waals surface area contributed by atoms with Crippen LogP contribution in [0.25, 0.3) is 0 Å². The van der Waals surface area contributed by atoms with Gasteiger partial charge in [-0.25, -0.2) is 0 Å². The van der Waals surface area contributed by atoms with Crippen molar-refractivity contribution in [2.24, 2.45) is 0 Å². The van der Waals surface area contributed by atoms with Gasteiger partial charge in [0.2, 0.25) is 11.8 Å². The zero-order chi connectivity index (χ0) is 30.3. The Morgan fingerprint density at radius 1 is 0.857 bits per heavy atom. The summed E-state index contributed by atoms with van der Waals surface area (Å²) in [4.78, 5) is 40.9. The second-order valence-corrected chi connectivity index (χ2v) is 10.4. The fourth-order valence-corrected chi connectivity index (χ4v) is 5.02. The molecule has 42 heavy (non-hydrogen) atoms. The van der Waals surface area contributed by atoms with Crippen LogP contribution < -0.4 is 15.5 Å². The van der Waals surface area contributed by atoms with Gasteiger partial charge in [0.25, 0.3) is 5.91 Å². The Labute approximate surface area is 236 Å². The minimum absolute atomic E-state index is 0.0313. The lowest BCUT2D eigenvalue weighted by atomic mass is 10.0. The van der Waals surface area contributed by atoms with Gasteiger partial charge < -0.3 is 15.5 Å². The van der Waals surface area contributed by atoms with E-state index in [9.17, 15) is 40.7 Å². The van der Waals surface area contributed by atoms with Gasteiger partial charge in [-0.3, -0.25) is 14.4 Å². The van der Waals surface area contributed by atoms with Crippen molar-refractivity contribution < 1.29 is 40.7 Å². The summed E-state index contributed by atoms with van der Waals surface area (Å²) in [5.74, 6) is -1.74. The zero-order valence-corrected chi connectivity index (χ0v) is 22.0. The van der Waals surface area contributed by atoms with Crippen molar-refractivity contribution in [3.05, 3.63) is 101 Å². The van der Waals surface area contributed by atoms with Gasteiger partial charge in [-0.15, -0.1) is 0 Å². The smallest absolute Gasteiger partial charge is 0.342 e. The highest BCUT2D eigenvalue weighted by atomic mass is 19.4. The first-order chi connectivity index (χ1) is 19.8. The molecule has 1 unspecified atom stereocenters. The van der Waals surface area contributed by atoms with Crippen LogP contribution in [-0.4, -0.2) is 29.3 Å². The van der Waals surface area contributed by atoms with Crippen LogP contribution in [0.2, 0.25) is 0 Å². The SMILES string of the molecule is O=C(NC1(C(=O)NC2CCc3ccccc3N(Cc3cc(C(F)(F)F)cc(C(F)(F)F)c3)C2=O)CC1)c1ccccc1. The number of nitrogens with zero attached hydrogens (tertiary/aromatic N) is 1. The van der Waals surface area contributed by atoms with E-state index in [0.29, 0.717) is 48.2 Å². The number of anilines is 1. The van der Waals surface area contributed by atoms with Crippen LogP contribution in [0.1, 0.15) is 51.9 Å². The number of nitrogens with one attached hydrogen (secondary N) is 2. The van der Waals surface area contributed by atoms with Crippen LogP contribution in [-0.2, 0) is 34.9 Å². The molecular weight excluding hydrogens is 564 g/mol. The molecule has 0 spiro atoms. The summed E-state index contributed by atoms with van der Waals surface area (Å²) in [5, 5.41) is 5.41. The second-order valence-electron chi connectivity index (χ2n) is 10.4. The summed E-state index contributed by atoms with van der Waals surface area (Å²) in [5.41, 5.74) is -3.26. The normalized spacial score (nSPS) is 18.1. The molecule has 3 aromatic rings. The number of rotatable bonds is 6. The van der Waals surface area contributed by atoms with E-state index in [1.54, 1.807) is 54.6 Å². The van der Waals surface area contributed by atoms with Gasteiger partial charge in [-0.05, 0) is 73.2 Å². The van der Waals surface area contributed by atoms with Gasteiger partial charge in [-0.1, -0.05) is 36.4 Å². The molecule has 3 amide bonds. The van der Waals surface area contributed by atoms with Crippen LogP contribution in [0, 0.1) is 0 Å². The number of para-hydroxylation sites is 1. The molecule has 1 heterocycles. The monoisotopic (exact) mass is 589 g/mol. The van der Waals surface area contributed by atoms with Crippen LogP contribution in [0.4, 0.5) is 32.0 Å². The molecule has 1 atom stereocenters. The highest BCUT2D eigenvalue weighted by Gasteiger charge is 2.52. The summed E-state index contributed by atoms with van der Waals surface area (Å²) in [6.45, 7) is -0.592. The number of halogens is 6. The number of alkyl halides is 6. The third kappa shape index (κ3) is 6.12. The van der Waals surface area contributed by atoms with Gasteiger partial charge in [0.1, 0.15) is 11.6 Å². The molecule has 0 bridgehead atoms. The van der Waals surface area contributed by atoms with Crippen LogP contribution in [0.3, 0.4) is 0 Å². The van der Waals surface area contributed by atoms with Crippen molar-refractivity contribution in [2.75, 3.05) is 4.90 Å². The van der Waals surface area contributed by atoms with E-state index in [1.807, 2.05) is 0 Å². The number of carbonyl (C=O) groups is 3. The van der Waals surface area contributed by atoms with Crippen LogP contribution in [0.5, 0.6) is 0 Å². The summed E-state index contributed by atoms with van der Waals surface area (Å²) >= 11 is 0. The molecule has 0 saturated heterocycles. The highest BCUT2D eigenvalue weighted by molar-refractivity contribution is 6.04. The minimum atomic E-state index is -5.05. The Kier molecular flexibility index (Phi) is 7.50. The number of carbonyl (C=O) groups excluding carboxylic acids is 3. The molecule has 5 rings (SSSR count). The average Bonchev–Trinajstić information content (AvgIpc) is 3.74. The molecule has 12 heteroatoms. The second kappa shape index (κ2) is 10.8. The van der Waals surface area contributed by atoms with E-state index in [-0.39, 0.29) is 18.1 Å². The van der Waals surface area contributed by atoms with Crippen molar-refractivity contribution in [2.45, 2.75) is 56.2 Å². The third-order valence-corrected chi connectivity index (χ3v) is 7.42. The molecule has 0 radical (unpaired) electrons. The van der Waals surface area contributed by atoms with Crippen molar-refractivity contribution in [3.8, 4) is 0 Å². The number of hydrogen-bond donors (Lipinski definition) is 2. The van der Waals surface area contributed by atoms with E-state index >= 15 is 0 Å². The molecule has 1 aliphatic carbocycles. The van der Waals surface area contributed by atoms with Gasteiger partial charge in [0.15, 0.2) is 0 Å². The molecule has 1 fully saturated rings. The van der Waals surface area contributed by atoms with E-state index in [2.05, 4.69) is 10.6 Å². The first-order valence-corrected chi connectivity index (χ1v) is 13.1. The summed E-state index contributed by atoms with van der Waals surface area (Å²) in [6, 6.07) is 14.9. The maximum absolute atomic E-state index is 13.8. The van der Waals surface area contributed by atoms with Crippen molar-refractivity contribution in [1.82, 2.24) is 10.6 Å². The molecule has 2 N–H and O–H groups in total. The fraction of sp³-hybridized carbons (Fsp3) is 0.300. The Balaban J connectivity index is 1.42. The third-order valence-electron chi connectivity index (χ3n) is 7.42. The Morgan fingerprint density at radius 2 is 1.45 bits per heavy atom. The fourth-order valence-electron chi connectivity index (χ4n) is 5.02. The number of amides is 3. The molecule has 2 aliphatic rings. The minimum Gasteiger partial charge on any atom is -0.342 e. The summed E-state index contributed by atoms with van der Waals surface area (Å²) in [7, 11) is 0. The van der Waals surface area contributed by atoms with Crippen molar-refractivity contribution in [1.29, 1.82) is 0 Å². The lowest BCUT2D eigenvalue weighted by Gasteiger charge is -2.28. The number of benzene rings is 3. The first kappa shape index (κ1) is 29.2. The summed E-state index contributed by atoms with van der Waals surface area (Å²) in [6.07, 6.45) is -8.97. The quantitative estimate of drug-likeness (QED) is 0.365. The largest absolute Gasteiger partial charge is 0.416 e. The molecule has 1 saturated carbocycles. The molecule has 3 aromatic carbocycles. The predicted octanol–water partition coefficient (Wildman–Crippen LogP) is 5.65. The zero-order valence-electron chi connectivity index (χ0n) is 22.0. The molecule has 220 valence electrons. The van der Waals surface area contributed by atoms with E-state index in [0.717, 1.165) is 4.90 Å². The lowest BCUT2D eigenvalue weighted by molar-refractivity contribution is -0.143. The Bertz CT molecular complexity index is 1480. The lowest BCUT2D eigenvalue weighted by Crippen LogP contribution is -2.55. The van der Waals surface area contributed by atoms with E-state index < -0.39 is 59.3 Å². The average molecular weight is 590 g/mol. The topological polar surface area (TPSA) is 78.5 Å². The Hall–Kier alpha value is -4.35. The van der Waals surface area contributed by atoms with Gasteiger partial charge >= 0.3 is 12.4 Å². The molecule has 6 nitrogen and oxygen atoms in total. The predicted molar refractivity (Wildman–Crippen MR) is 140 cm³/mol. The standard InChI is InChI=1S/C30H25F6N3O3/c31-29(32,33)21-14-18(15-22(16-21)30(34,35)36)17-39-24-9-5-4-6-19(24)10-11-23(26(39)41)37-27(42)28(12-13-28)38-25(40)20-7-2-1-3-8-20/h1-9,14-16,23H,10-13,17H2,(H,37,42)(H,38,40). The number of fused-ring (bicyclic) bond motifs is 1. The van der Waals surface area contributed by atoms with E-state index in [1.165, 1.54) is 0 Å².